The van der Waals surface area contributed by atoms with E-state index in [2.05, 4.69) is 22.3 Å². The number of nitro benzene ring substituents is 1. The second-order valence-corrected chi connectivity index (χ2v) is 8.04. The molecule has 4 rings (SSSR count). The number of rotatable bonds is 7. The van der Waals surface area contributed by atoms with Crippen LogP contribution in [0.4, 0.5) is 5.69 Å². The molecule has 0 fully saturated rings. The van der Waals surface area contributed by atoms with Crippen LogP contribution in [-0.4, -0.2) is 19.7 Å². The van der Waals surface area contributed by atoms with E-state index in [1.165, 1.54) is 47.9 Å². The van der Waals surface area contributed by atoms with Crippen molar-refractivity contribution in [3.8, 4) is 5.75 Å². The van der Waals surface area contributed by atoms with Gasteiger partial charge in [0.05, 0.1) is 4.92 Å². The number of fused-ring (bicyclic) bond motifs is 1. The summed E-state index contributed by atoms with van der Waals surface area (Å²) in [5, 5.41) is 20.0. The maximum Gasteiger partial charge on any atom is 0.269 e. The zero-order chi connectivity index (χ0) is 20.2. The van der Waals surface area contributed by atoms with Crippen molar-refractivity contribution in [2.45, 2.75) is 43.2 Å². The summed E-state index contributed by atoms with van der Waals surface area (Å²) in [5.41, 5.74) is 3.92. The number of thioether (sulfide) groups is 1. The molecule has 150 valence electrons. The van der Waals surface area contributed by atoms with Gasteiger partial charge in [0, 0.05) is 24.9 Å². The van der Waals surface area contributed by atoms with Crippen LogP contribution < -0.4 is 4.74 Å². The van der Waals surface area contributed by atoms with E-state index < -0.39 is 4.92 Å². The maximum atomic E-state index is 10.7. The van der Waals surface area contributed by atoms with Crippen molar-refractivity contribution in [2.75, 3.05) is 0 Å². The molecule has 1 heterocycles. The Kier molecular flexibility index (Phi) is 5.80. The van der Waals surface area contributed by atoms with Crippen molar-refractivity contribution in [3.63, 3.8) is 0 Å². The lowest BCUT2D eigenvalue weighted by molar-refractivity contribution is -0.384. The van der Waals surface area contributed by atoms with E-state index in [-0.39, 0.29) is 5.69 Å². The first kappa shape index (κ1) is 19.4. The zero-order valence-corrected chi connectivity index (χ0v) is 17.0. The first-order valence-corrected chi connectivity index (χ1v) is 10.6. The fraction of sp³-hybridized carbons (Fsp3) is 0.333. The van der Waals surface area contributed by atoms with Crippen LogP contribution in [0.2, 0.25) is 0 Å². The Balaban J connectivity index is 1.35. The van der Waals surface area contributed by atoms with E-state index in [1.54, 1.807) is 12.1 Å². The number of aryl methyl sites for hydroxylation is 2. The van der Waals surface area contributed by atoms with Crippen LogP contribution >= 0.6 is 11.8 Å². The molecule has 0 aliphatic heterocycles. The molecule has 2 aromatic carbocycles. The van der Waals surface area contributed by atoms with Crippen LogP contribution in [0.5, 0.6) is 5.75 Å². The van der Waals surface area contributed by atoms with Gasteiger partial charge in [0.2, 0.25) is 0 Å². The minimum absolute atomic E-state index is 0.0963. The molecule has 1 aliphatic carbocycles. The van der Waals surface area contributed by atoms with E-state index in [9.17, 15) is 10.1 Å². The molecule has 0 bridgehead atoms. The molecule has 29 heavy (non-hydrogen) atoms. The molecule has 0 saturated heterocycles. The SMILES string of the molecule is Cn1c(COc2ccc3c(c2)CCCC3)nnc1SCc1ccc([N+](=O)[O-])cc1. The monoisotopic (exact) mass is 410 g/mol. The molecule has 0 spiro atoms. The Labute approximate surface area is 173 Å². The highest BCUT2D eigenvalue weighted by Gasteiger charge is 2.13. The second-order valence-electron chi connectivity index (χ2n) is 7.10. The molecule has 0 amide bonds. The Morgan fingerprint density at radius 2 is 1.86 bits per heavy atom. The number of benzene rings is 2. The summed E-state index contributed by atoms with van der Waals surface area (Å²) in [5.74, 6) is 2.29. The zero-order valence-electron chi connectivity index (χ0n) is 16.2. The van der Waals surface area contributed by atoms with Gasteiger partial charge in [-0.15, -0.1) is 10.2 Å². The van der Waals surface area contributed by atoms with Gasteiger partial charge >= 0.3 is 0 Å². The third-order valence-electron chi connectivity index (χ3n) is 5.13. The molecule has 1 aromatic heterocycles. The fourth-order valence-corrected chi connectivity index (χ4v) is 4.29. The number of nitrogens with zero attached hydrogens (tertiary/aromatic N) is 4. The number of hydrogen-bond acceptors (Lipinski definition) is 6. The molecule has 0 radical (unpaired) electrons. The summed E-state index contributed by atoms with van der Waals surface area (Å²) in [6.45, 7) is 0.361. The smallest absolute Gasteiger partial charge is 0.269 e. The molecule has 3 aromatic rings. The summed E-state index contributed by atoms with van der Waals surface area (Å²) in [6, 6.07) is 12.9. The highest BCUT2D eigenvalue weighted by molar-refractivity contribution is 7.98. The van der Waals surface area contributed by atoms with Crippen molar-refractivity contribution in [3.05, 3.63) is 75.1 Å². The number of ether oxygens (including phenoxy) is 1. The lowest BCUT2D eigenvalue weighted by Crippen LogP contribution is -2.06. The predicted octanol–water partition coefficient (Wildman–Crippen LogP) is 4.47. The third-order valence-corrected chi connectivity index (χ3v) is 6.22. The molecule has 0 unspecified atom stereocenters. The van der Waals surface area contributed by atoms with Gasteiger partial charge in [-0.2, -0.15) is 0 Å². The summed E-state index contributed by atoms with van der Waals surface area (Å²) in [7, 11) is 1.92. The van der Waals surface area contributed by atoms with Crippen LogP contribution in [0.3, 0.4) is 0 Å². The maximum absolute atomic E-state index is 10.7. The van der Waals surface area contributed by atoms with E-state index in [1.807, 2.05) is 17.7 Å². The second kappa shape index (κ2) is 8.65. The minimum Gasteiger partial charge on any atom is -0.486 e. The first-order valence-electron chi connectivity index (χ1n) is 9.59. The Hall–Kier alpha value is -2.87. The lowest BCUT2D eigenvalue weighted by atomic mass is 9.92. The van der Waals surface area contributed by atoms with Crippen molar-refractivity contribution < 1.29 is 9.66 Å². The Morgan fingerprint density at radius 1 is 1.10 bits per heavy atom. The lowest BCUT2D eigenvalue weighted by Gasteiger charge is -2.16. The molecule has 0 atom stereocenters. The number of non-ortho nitro benzene ring substituents is 1. The molecule has 7 nitrogen and oxygen atoms in total. The highest BCUT2D eigenvalue weighted by Crippen LogP contribution is 2.26. The topological polar surface area (TPSA) is 83.1 Å². The van der Waals surface area contributed by atoms with E-state index in [4.69, 9.17) is 4.74 Å². The van der Waals surface area contributed by atoms with Gasteiger partial charge in [0.15, 0.2) is 11.0 Å². The summed E-state index contributed by atoms with van der Waals surface area (Å²) < 4.78 is 7.88. The van der Waals surface area contributed by atoms with Gasteiger partial charge in [-0.3, -0.25) is 10.1 Å². The van der Waals surface area contributed by atoms with Crippen LogP contribution in [0.25, 0.3) is 0 Å². The van der Waals surface area contributed by atoms with Gasteiger partial charge in [0.1, 0.15) is 12.4 Å². The number of nitro groups is 1. The Morgan fingerprint density at radius 3 is 2.62 bits per heavy atom. The average molecular weight is 410 g/mol. The largest absolute Gasteiger partial charge is 0.486 e. The van der Waals surface area contributed by atoms with E-state index >= 15 is 0 Å². The van der Waals surface area contributed by atoms with Crippen LogP contribution in [0.1, 0.15) is 35.4 Å². The first-order chi connectivity index (χ1) is 14.1. The minimum atomic E-state index is -0.394. The molecule has 0 saturated carbocycles. The van der Waals surface area contributed by atoms with Gasteiger partial charge in [-0.05, 0) is 54.5 Å². The van der Waals surface area contributed by atoms with Crippen molar-refractivity contribution >= 4 is 17.4 Å². The van der Waals surface area contributed by atoms with Crippen molar-refractivity contribution in [1.82, 2.24) is 14.8 Å². The number of aromatic nitrogens is 3. The van der Waals surface area contributed by atoms with Crippen molar-refractivity contribution in [2.24, 2.45) is 7.05 Å². The summed E-state index contributed by atoms with van der Waals surface area (Å²) >= 11 is 1.54. The van der Waals surface area contributed by atoms with Gasteiger partial charge in [-0.1, -0.05) is 30.0 Å². The number of hydrogen-bond donors (Lipinski definition) is 0. The fourth-order valence-electron chi connectivity index (χ4n) is 3.41. The highest BCUT2D eigenvalue weighted by atomic mass is 32.2. The normalized spacial score (nSPS) is 13.1. The average Bonchev–Trinajstić information content (AvgIpc) is 3.10. The molecule has 1 aliphatic rings. The van der Waals surface area contributed by atoms with Gasteiger partial charge in [0.25, 0.3) is 5.69 Å². The summed E-state index contributed by atoms with van der Waals surface area (Å²) in [4.78, 5) is 10.3. The standard InChI is InChI=1S/C21H22N4O3S/c1-24-20(13-28-19-11-8-16-4-2-3-5-17(16)12-19)22-23-21(24)29-14-15-6-9-18(10-7-15)25(26)27/h6-12H,2-5,13-14H2,1H3. The van der Waals surface area contributed by atoms with E-state index in [0.717, 1.165) is 35.1 Å². The van der Waals surface area contributed by atoms with Gasteiger partial charge < -0.3 is 9.30 Å². The molecule has 0 N–H and O–H groups in total. The van der Waals surface area contributed by atoms with Crippen molar-refractivity contribution in [1.29, 1.82) is 0 Å². The predicted molar refractivity (Wildman–Crippen MR) is 111 cm³/mol. The molecular weight excluding hydrogens is 388 g/mol. The van der Waals surface area contributed by atoms with Crippen LogP contribution in [-0.2, 0) is 32.2 Å². The van der Waals surface area contributed by atoms with E-state index in [0.29, 0.717) is 12.4 Å². The van der Waals surface area contributed by atoms with Crippen LogP contribution in [0, 0.1) is 10.1 Å². The third kappa shape index (κ3) is 4.59. The molecule has 8 heteroatoms. The quantitative estimate of drug-likeness (QED) is 0.325. The van der Waals surface area contributed by atoms with Crippen LogP contribution in [0.15, 0.2) is 47.6 Å². The summed E-state index contributed by atoms with van der Waals surface area (Å²) in [6.07, 6.45) is 4.80. The van der Waals surface area contributed by atoms with Gasteiger partial charge in [-0.25, -0.2) is 0 Å². The Bertz CT molecular complexity index is 1020. The molecular formula is C21H22N4O3S.